The SMILES string of the molecule is CNCC(C)C(=O)NC(C)c1c(F)cccc1F. The molecule has 0 saturated carbocycles. The predicted molar refractivity (Wildman–Crippen MR) is 66.0 cm³/mol. The molecule has 0 aliphatic rings. The van der Waals surface area contributed by atoms with Gasteiger partial charge in [-0.15, -0.1) is 0 Å². The molecule has 0 aliphatic heterocycles. The van der Waals surface area contributed by atoms with Crippen molar-refractivity contribution < 1.29 is 13.6 Å². The molecule has 1 aromatic carbocycles. The van der Waals surface area contributed by atoms with E-state index < -0.39 is 17.7 Å². The molecule has 0 saturated heterocycles. The van der Waals surface area contributed by atoms with Gasteiger partial charge >= 0.3 is 0 Å². The van der Waals surface area contributed by atoms with Crippen molar-refractivity contribution in [2.45, 2.75) is 19.9 Å². The fraction of sp³-hybridized carbons (Fsp3) is 0.462. The van der Waals surface area contributed by atoms with E-state index in [2.05, 4.69) is 10.6 Å². The van der Waals surface area contributed by atoms with Gasteiger partial charge < -0.3 is 10.6 Å². The van der Waals surface area contributed by atoms with E-state index in [0.29, 0.717) is 6.54 Å². The molecule has 2 unspecified atom stereocenters. The van der Waals surface area contributed by atoms with Crippen LogP contribution in [-0.4, -0.2) is 19.5 Å². The summed E-state index contributed by atoms with van der Waals surface area (Å²) in [7, 11) is 1.74. The third-order valence-corrected chi connectivity index (χ3v) is 2.75. The van der Waals surface area contributed by atoms with Crippen LogP contribution in [0.1, 0.15) is 25.5 Å². The molecule has 0 aliphatic carbocycles. The number of nitrogens with one attached hydrogen (secondary N) is 2. The molecule has 18 heavy (non-hydrogen) atoms. The number of hydrogen-bond donors (Lipinski definition) is 2. The smallest absolute Gasteiger partial charge is 0.224 e. The van der Waals surface area contributed by atoms with E-state index in [-0.39, 0.29) is 17.4 Å². The number of carbonyl (C=O) groups is 1. The molecule has 1 rings (SSSR count). The van der Waals surface area contributed by atoms with E-state index in [1.54, 1.807) is 20.9 Å². The van der Waals surface area contributed by atoms with Crippen LogP contribution in [0, 0.1) is 17.6 Å². The number of rotatable bonds is 5. The third-order valence-electron chi connectivity index (χ3n) is 2.75. The first kappa shape index (κ1) is 14.6. The summed E-state index contributed by atoms with van der Waals surface area (Å²) >= 11 is 0. The summed E-state index contributed by atoms with van der Waals surface area (Å²) in [5, 5.41) is 5.48. The lowest BCUT2D eigenvalue weighted by Crippen LogP contribution is -2.36. The second kappa shape index (κ2) is 6.44. The van der Waals surface area contributed by atoms with Crippen molar-refractivity contribution in [1.82, 2.24) is 10.6 Å². The van der Waals surface area contributed by atoms with E-state index in [0.717, 1.165) is 0 Å². The van der Waals surface area contributed by atoms with Gasteiger partial charge in [0.1, 0.15) is 11.6 Å². The van der Waals surface area contributed by atoms with E-state index in [1.165, 1.54) is 18.2 Å². The quantitative estimate of drug-likeness (QED) is 0.846. The molecule has 2 atom stereocenters. The molecule has 1 aromatic rings. The van der Waals surface area contributed by atoms with Gasteiger partial charge in [-0.25, -0.2) is 8.78 Å². The van der Waals surface area contributed by atoms with Gasteiger partial charge in [-0.05, 0) is 26.1 Å². The second-order valence-electron chi connectivity index (χ2n) is 4.32. The molecule has 100 valence electrons. The minimum Gasteiger partial charge on any atom is -0.349 e. The Morgan fingerprint density at radius 3 is 2.33 bits per heavy atom. The Morgan fingerprint density at radius 1 is 1.28 bits per heavy atom. The van der Waals surface area contributed by atoms with E-state index in [4.69, 9.17) is 0 Å². The Hall–Kier alpha value is -1.49. The fourth-order valence-corrected chi connectivity index (χ4v) is 1.75. The summed E-state index contributed by atoms with van der Waals surface area (Å²) in [4.78, 5) is 11.7. The number of benzene rings is 1. The number of halogens is 2. The van der Waals surface area contributed by atoms with E-state index in [9.17, 15) is 13.6 Å². The van der Waals surface area contributed by atoms with Crippen LogP contribution >= 0.6 is 0 Å². The lowest BCUT2D eigenvalue weighted by Gasteiger charge is -2.18. The predicted octanol–water partition coefficient (Wildman–Crippen LogP) is 2.00. The van der Waals surface area contributed by atoms with Crippen LogP contribution in [0.4, 0.5) is 8.78 Å². The van der Waals surface area contributed by atoms with Crippen LogP contribution in [-0.2, 0) is 4.79 Å². The average Bonchev–Trinajstić information content (AvgIpc) is 2.28. The highest BCUT2D eigenvalue weighted by Gasteiger charge is 2.20. The average molecular weight is 256 g/mol. The Kier molecular flexibility index (Phi) is 5.22. The van der Waals surface area contributed by atoms with E-state index in [1.807, 2.05) is 0 Å². The maximum atomic E-state index is 13.5. The van der Waals surface area contributed by atoms with Crippen LogP contribution in [0.3, 0.4) is 0 Å². The van der Waals surface area contributed by atoms with Crippen LogP contribution < -0.4 is 10.6 Å². The molecule has 0 fully saturated rings. The lowest BCUT2D eigenvalue weighted by molar-refractivity contribution is -0.125. The molecule has 0 spiro atoms. The number of amides is 1. The monoisotopic (exact) mass is 256 g/mol. The molecular weight excluding hydrogens is 238 g/mol. The van der Waals surface area contributed by atoms with Gasteiger partial charge in [0.05, 0.1) is 6.04 Å². The summed E-state index contributed by atoms with van der Waals surface area (Å²) in [5.74, 6) is -1.79. The molecular formula is C13H18F2N2O. The lowest BCUT2D eigenvalue weighted by atomic mass is 10.1. The van der Waals surface area contributed by atoms with Crippen LogP contribution in [0.25, 0.3) is 0 Å². The van der Waals surface area contributed by atoms with Crippen LogP contribution in [0.2, 0.25) is 0 Å². The molecule has 0 radical (unpaired) electrons. The van der Waals surface area contributed by atoms with Gasteiger partial charge in [0, 0.05) is 18.0 Å². The number of hydrogen-bond acceptors (Lipinski definition) is 2. The Bertz CT molecular complexity index is 403. The summed E-state index contributed by atoms with van der Waals surface area (Å²) in [6, 6.07) is 2.96. The summed E-state index contributed by atoms with van der Waals surface area (Å²) in [6.07, 6.45) is 0. The Balaban J connectivity index is 2.76. The van der Waals surface area contributed by atoms with Crippen molar-refractivity contribution in [2.75, 3.05) is 13.6 Å². The van der Waals surface area contributed by atoms with Gasteiger partial charge in [0.25, 0.3) is 0 Å². The largest absolute Gasteiger partial charge is 0.349 e. The maximum Gasteiger partial charge on any atom is 0.224 e. The normalized spacial score (nSPS) is 14.1. The molecule has 1 amide bonds. The minimum atomic E-state index is -0.696. The van der Waals surface area contributed by atoms with Gasteiger partial charge in [-0.3, -0.25) is 4.79 Å². The molecule has 0 bridgehead atoms. The van der Waals surface area contributed by atoms with Crippen molar-refractivity contribution in [3.05, 3.63) is 35.4 Å². The van der Waals surface area contributed by atoms with Gasteiger partial charge in [-0.2, -0.15) is 0 Å². The zero-order valence-corrected chi connectivity index (χ0v) is 10.8. The first-order valence-corrected chi connectivity index (χ1v) is 5.86. The maximum absolute atomic E-state index is 13.5. The Morgan fingerprint density at radius 2 is 1.83 bits per heavy atom. The van der Waals surface area contributed by atoms with Crippen molar-refractivity contribution >= 4 is 5.91 Å². The van der Waals surface area contributed by atoms with E-state index >= 15 is 0 Å². The van der Waals surface area contributed by atoms with Crippen molar-refractivity contribution in [1.29, 1.82) is 0 Å². The second-order valence-corrected chi connectivity index (χ2v) is 4.32. The minimum absolute atomic E-state index is 0.109. The Labute approximate surface area is 106 Å². The third kappa shape index (κ3) is 3.50. The molecule has 3 nitrogen and oxygen atoms in total. The molecule has 5 heteroatoms. The highest BCUT2D eigenvalue weighted by molar-refractivity contribution is 5.78. The zero-order valence-electron chi connectivity index (χ0n) is 10.8. The standard InChI is InChI=1S/C13H18F2N2O/c1-8(7-16-3)13(18)17-9(2)12-10(14)5-4-6-11(12)15/h4-6,8-9,16H,7H2,1-3H3,(H,17,18). The fourth-order valence-electron chi connectivity index (χ4n) is 1.75. The van der Waals surface area contributed by atoms with Gasteiger partial charge in [0.2, 0.25) is 5.91 Å². The first-order chi connectivity index (χ1) is 8.47. The summed E-state index contributed by atoms with van der Waals surface area (Å²) in [6.45, 7) is 3.82. The van der Waals surface area contributed by atoms with Crippen molar-refractivity contribution in [3.63, 3.8) is 0 Å². The van der Waals surface area contributed by atoms with Gasteiger partial charge in [-0.1, -0.05) is 13.0 Å². The van der Waals surface area contributed by atoms with Crippen LogP contribution in [0.15, 0.2) is 18.2 Å². The molecule has 0 heterocycles. The summed E-state index contributed by atoms with van der Waals surface area (Å²) in [5.41, 5.74) is -0.109. The highest BCUT2D eigenvalue weighted by Crippen LogP contribution is 2.20. The topological polar surface area (TPSA) is 41.1 Å². The summed E-state index contributed by atoms with van der Waals surface area (Å²) < 4.78 is 27.0. The highest BCUT2D eigenvalue weighted by atomic mass is 19.1. The molecule has 2 N–H and O–H groups in total. The van der Waals surface area contributed by atoms with Crippen LogP contribution in [0.5, 0.6) is 0 Å². The van der Waals surface area contributed by atoms with Gasteiger partial charge in [0.15, 0.2) is 0 Å². The van der Waals surface area contributed by atoms with Crippen molar-refractivity contribution in [3.8, 4) is 0 Å². The molecule has 0 aromatic heterocycles. The number of carbonyl (C=O) groups excluding carboxylic acids is 1. The zero-order chi connectivity index (χ0) is 13.7. The van der Waals surface area contributed by atoms with Crippen molar-refractivity contribution in [2.24, 2.45) is 5.92 Å². The first-order valence-electron chi connectivity index (χ1n) is 5.86.